The largest absolute Gasteiger partial charge is 0.508 e. The lowest BCUT2D eigenvalue weighted by molar-refractivity contribution is 0.468. The minimum Gasteiger partial charge on any atom is -0.508 e. The smallest absolute Gasteiger partial charge is 0.134 e. The Bertz CT molecular complexity index is 762. The molecular formula is C20H21FO2. The van der Waals surface area contributed by atoms with Crippen molar-refractivity contribution in [2.45, 2.75) is 39.0 Å². The van der Waals surface area contributed by atoms with Gasteiger partial charge in [0.15, 0.2) is 0 Å². The average Bonchev–Trinajstić information content (AvgIpc) is 2.67. The Kier molecular flexibility index (Phi) is 4.37. The van der Waals surface area contributed by atoms with E-state index in [0.717, 1.165) is 54.4 Å². The third-order valence-electron chi connectivity index (χ3n) is 4.43. The molecule has 120 valence electrons. The minimum absolute atomic E-state index is 0.0529. The third kappa shape index (κ3) is 3.09. The molecule has 1 aliphatic carbocycles. The predicted molar refractivity (Wildman–Crippen MR) is 90.8 cm³/mol. The molecule has 0 heterocycles. The van der Waals surface area contributed by atoms with Crippen molar-refractivity contribution in [3.05, 3.63) is 58.9 Å². The molecule has 0 bridgehead atoms. The van der Waals surface area contributed by atoms with Gasteiger partial charge in [-0.1, -0.05) is 19.4 Å². The van der Waals surface area contributed by atoms with Crippen LogP contribution in [0.15, 0.2) is 36.4 Å². The van der Waals surface area contributed by atoms with E-state index in [9.17, 15) is 14.6 Å². The molecule has 1 aliphatic rings. The van der Waals surface area contributed by atoms with Gasteiger partial charge in [0.25, 0.3) is 0 Å². The highest BCUT2D eigenvalue weighted by atomic mass is 19.1. The quantitative estimate of drug-likeness (QED) is 0.809. The first kappa shape index (κ1) is 15.6. The van der Waals surface area contributed by atoms with Crippen LogP contribution < -0.4 is 0 Å². The number of benzene rings is 2. The summed E-state index contributed by atoms with van der Waals surface area (Å²) in [5, 5.41) is 19.2. The molecule has 0 spiro atoms. The van der Waals surface area contributed by atoms with Gasteiger partial charge in [0.2, 0.25) is 0 Å². The Labute approximate surface area is 135 Å². The molecule has 0 unspecified atom stereocenters. The summed E-state index contributed by atoms with van der Waals surface area (Å²) in [4.78, 5) is 0. The molecule has 0 aromatic heterocycles. The fraction of sp³-hybridized carbons (Fsp3) is 0.300. The van der Waals surface area contributed by atoms with Gasteiger partial charge in [-0.05, 0) is 72.2 Å². The van der Waals surface area contributed by atoms with Gasteiger partial charge in [-0.15, -0.1) is 0 Å². The molecule has 2 nitrogen and oxygen atoms in total. The molecule has 2 aromatic rings. The van der Waals surface area contributed by atoms with Crippen LogP contribution in [0.2, 0.25) is 0 Å². The van der Waals surface area contributed by atoms with Gasteiger partial charge in [-0.2, -0.15) is 0 Å². The van der Waals surface area contributed by atoms with E-state index in [1.807, 2.05) is 12.1 Å². The van der Waals surface area contributed by atoms with E-state index in [2.05, 4.69) is 6.92 Å². The second kappa shape index (κ2) is 6.45. The van der Waals surface area contributed by atoms with E-state index < -0.39 is 0 Å². The van der Waals surface area contributed by atoms with E-state index in [0.29, 0.717) is 5.56 Å². The number of allylic oxidation sites excluding steroid dienone is 2. The first-order valence-corrected chi connectivity index (χ1v) is 8.13. The maximum atomic E-state index is 14.4. The molecule has 0 atom stereocenters. The van der Waals surface area contributed by atoms with Crippen molar-refractivity contribution in [3.8, 4) is 11.5 Å². The van der Waals surface area contributed by atoms with Gasteiger partial charge < -0.3 is 10.2 Å². The van der Waals surface area contributed by atoms with Crippen molar-refractivity contribution in [3.63, 3.8) is 0 Å². The van der Waals surface area contributed by atoms with Crippen molar-refractivity contribution in [1.82, 2.24) is 0 Å². The number of phenols is 2. The second-order valence-electron chi connectivity index (χ2n) is 6.07. The Balaban J connectivity index is 2.21. The van der Waals surface area contributed by atoms with Crippen LogP contribution in [0.25, 0.3) is 11.1 Å². The SMILES string of the molecule is CCCC1=C(c2ccc(O)cc2F)CCCc2cc(O)ccc21. The van der Waals surface area contributed by atoms with E-state index in [1.165, 1.54) is 12.1 Å². The number of rotatable bonds is 3. The molecule has 0 radical (unpaired) electrons. The molecule has 0 saturated heterocycles. The molecule has 0 fully saturated rings. The molecule has 0 aliphatic heterocycles. The van der Waals surface area contributed by atoms with Gasteiger partial charge in [0.05, 0.1) is 0 Å². The van der Waals surface area contributed by atoms with Crippen LogP contribution in [-0.4, -0.2) is 10.2 Å². The molecule has 23 heavy (non-hydrogen) atoms. The van der Waals surface area contributed by atoms with Gasteiger partial charge in [0, 0.05) is 11.6 Å². The maximum Gasteiger partial charge on any atom is 0.134 e. The molecule has 2 N–H and O–H groups in total. The highest BCUT2D eigenvalue weighted by Crippen LogP contribution is 2.40. The summed E-state index contributed by atoms with van der Waals surface area (Å²) in [6.07, 6.45) is 4.43. The Morgan fingerprint density at radius 2 is 1.65 bits per heavy atom. The number of aryl methyl sites for hydroxylation is 1. The van der Waals surface area contributed by atoms with Crippen LogP contribution in [0.4, 0.5) is 4.39 Å². The van der Waals surface area contributed by atoms with Gasteiger partial charge in [-0.25, -0.2) is 4.39 Å². The zero-order valence-electron chi connectivity index (χ0n) is 13.3. The average molecular weight is 312 g/mol. The maximum absolute atomic E-state index is 14.4. The van der Waals surface area contributed by atoms with E-state index >= 15 is 0 Å². The topological polar surface area (TPSA) is 40.5 Å². The van der Waals surface area contributed by atoms with Crippen molar-refractivity contribution < 1.29 is 14.6 Å². The Hall–Kier alpha value is -2.29. The fourth-order valence-electron chi connectivity index (χ4n) is 3.43. The number of fused-ring (bicyclic) bond motifs is 1. The van der Waals surface area contributed by atoms with Crippen LogP contribution >= 0.6 is 0 Å². The molecule has 0 amide bonds. The number of aromatic hydroxyl groups is 2. The lowest BCUT2D eigenvalue weighted by Gasteiger charge is -2.16. The molecule has 0 saturated carbocycles. The Morgan fingerprint density at radius 3 is 2.35 bits per heavy atom. The number of hydrogen-bond acceptors (Lipinski definition) is 2. The highest BCUT2D eigenvalue weighted by Gasteiger charge is 2.20. The van der Waals surface area contributed by atoms with Crippen molar-refractivity contribution in [2.75, 3.05) is 0 Å². The lowest BCUT2D eigenvalue weighted by Crippen LogP contribution is -1.96. The van der Waals surface area contributed by atoms with Crippen LogP contribution in [0, 0.1) is 5.82 Å². The summed E-state index contributed by atoms with van der Waals surface area (Å²) >= 11 is 0. The summed E-state index contributed by atoms with van der Waals surface area (Å²) in [6, 6.07) is 9.85. The van der Waals surface area contributed by atoms with Crippen molar-refractivity contribution in [1.29, 1.82) is 0 Å². The number of halogens is 1. The van der Waals surface area contributed by atoms with E-state index in [1.54, 1.807) is 12.1 Å². The number of phenolic OH excluding ortho intramolecular Hbond substituents is 2. The fourth-order valence-corrected chi connectivity index (χ4v) is 3.43. The molecular weight excluding hydrogens is 291 g/mol. The zero-order valence-corrected chi connectivity index (χ0v) is 13.3. The molecule has 3 heteroatoms. The van der Waals surface area contributed by atoms with Crippen molar-refractivity contribution >= 4 is 11.1 Å². The predicted octanol–water partition coefficient (Wildman–Crippen LogP) is 5.28. The summed E-state index contributed by atoms with van der Waals surface area (Å²) in [7, 11) is 0. The van der Waals surface area contributed by atoms with Crippen molar-refractivity contribution in [2.24, 2.45) is 0 Å². The monoisotopic (exact) mass is 312 g/mol. The van der Waals surface area contributed by atoms with Crippen LogP contribution in [-0.2, 0) is 6.42 Å². The second-order valence-corrected chi connectivity index (χ2v) is 6.07. The standard InChI is InChI=1S/C20H21FO2/c1-2-4-17-16-9-7-14(22)11-13(16)5-3-6-18(17)19-10-8-15(23)12-20(19)21/h7-12,22-23H,2-6H2,1H3. The minimum atomic E-state index is -0.379. The lowest BCUT2D eigenvalue weighted by atomic mass is 9.89. The molecule has 2 aromatic carbocycles. The van der Waals surface area contributed by atoms with Crippen LogP contribution in [0.5, 0.6) is 11.5 Å². The van der Waals surface area contributed by atoms with Crippen LogP contribution in [0.1, 0.15) is 49.3 Å². The van der Waals surface area contributed by atoms with Crippen LogP contribution in [0.3, 0.4) is 0 Å². The Morgan fingerprint density at radius 1 is 0.957 bits per heavy atom. The summed E-state index contributed by atoms with van der Waals surface area (Å²) in [5.41, 5.74) is 5.00. The van der Waals surface area contributed by atoms with E-state index in [-0.39, 0.29) is 17.3 Å². The summed E-state index contributed by atoms with van der Waals surface area (Å²) < 4.78 is 14.4. The summed E-state index contributed by atoms with van der Waals surface area (Å²) in [5.74, 6) is -0.155. The van der Waals surface area contributed by atoms with Gasteiger partial charge >= 0.3 is 0 Å². The number of hydrogen-bond donors (Lipinski definition) is 2. The first-order valence-electron chi connectivity index (χ1n) is 8.13. The van der Waals surface area contributed by atoms with Gasteiger partial charge in [0.1, 0.15) is 17.3 Å². The van der Waals surface area contributed by atoms with E-state index in [4.69, 9.17) is 0 Å². The zero-order chi connectivity index (χ0) is 16.4. The third-order valence-corrected chi connectivity index (χ3v) is 4.43. The summed E-state index contributed by atoms with van der Waals surface area (Å²) in [6.45, 7) is 2.11. The normalized spacial score (nSPS) is 14.5. The highest BCUT2D eigenvalue weighted by molar-refractivity contribution is 5.92. The first-order chi connectivity index (χ1) is 11.1. The van der Waals surface area contributed by atoms with Gasteiger partial charge in [-0.3, -0.25) is 0 Å². The molecule has 3 rings (SSSR count).